The Bertz CT molecular complexity index is 524. The summed E-state index contributed by atoms with van der Waals surface area (Å²) in [7, 11) is 0. The first-order valence-electron chi connectivity index (χ1n) is 7.54. The molecule has 2 rings (SSSR count). The molecule has 0 bridgehead atoms. The van der Waals surface area contributed by atoms with Gasteiger partial charge in [-0.05, 0) is 31.0 Å². The van der Waals surface area contributed by atoms with Gasteiger partial charge in [0.05, 0.1) is 12.7 Å². The van der Waals surface area contributed by atoms with Crippen molar-refractivity contribution in [3.05, 3.63) is 42.0 Å². The first-order chi connectivity index (χ1) is 9.63. The van der Waals surface area contributed by atoms with Gasteiger partial charge in [-0.1, -0.05) is 20.8 Å². The van der Waals surface area contributed by atoms with Gasteiger partial charge in [-0.25, -0.2) is 0 Å². The van der Waals surface area contributed by atoms with Gasteiger partial charge in [0.2, 0.25) is 0 Å². The third kappa shape index (κ3) is 3.51. The summed E-state index contributed by atoms with van der Waals surface area (Å²) in [6.45, 7) is 11.6. The first-order valence-corrected chi connectivity index (χ1v) is 7.54. The number of aryl methyl sites for hydroxylation is 1. The lowest BCUT2D eigenvalue weighted by Crippen LogP contribution is -2.25. The van der Waals surface area contributed by atoms with Gasteiger partial charge in [-0.15, -0.1) is 0 Å². The smallest absolute Gasteiger partial charge is 0.0539 e. The third-order valence-corrected chi connectivity index (χ3v) is 3.60. The Morgan fingerprint density at radius 1 is 1.25 bits per heavy atom. The summed E-state index contributed by atoms with van der Waals surface area (Å²) in [4.78, 5) is 0. The Hall–Kier alpha value is -1.55. The molecule has 0 aliphatic rings. The van der Waals surface area contributed by atoms with E-state index in [4.69, 9.17) is 0 Å². The van der Waals surface area contributed by atoms with Gasteiger partial charge in [0, 0.05) is 36.7 Å². The van der Waals surface area contributed by atoms with Gasteiger partial charge < -0.3 is 9.88 Å². The van der Waals surface area contributed by atoms with Crippen LogP contribution in [0.3, 0.4) is 0 Å². The van der Waals surface area contributed by atoms with Crippen molar-refractivity contribution in [2.75, 3.05) is 6.54 Å². The molecular formula is C16H26N4. The zero-order valence-electron chi connectivity index (χ0n) is 13.0. The van der Waals surface area contributed by atoms with Crippen LogP contribution in [0.25, 0.3) is 0 Å². The van der Waals surface area contributed by atoms with Crippen LogP contribution in [0.1, 0.15) is 44.9 Å². The fourth-order valence-corrected chi connectivity index (χ4v) is 2.57. The minimum atomic E-state index is 0.430. The highest BCUT2D eigenvalue weighted by Gasteiger charge is 2.15. The lowest BCUT2D eigenvalue weighted by Gasteiger charge is -2.20. The van der Waals surface area contributed by atoms with E-state index >= 15 is 0 Å². The molecule has 2 aromatic heterocycles. The highest BCUT2D eigenvalue weighted by molar-refractivity contribution is 5.18. The van der Waals surface area contributed by atoms with Crippen molar-refractivity contribution in [2.24, 2.45) is 5.92 Å². The van der Waals surface area contributed by atoms with Crippen molar-refractivity contribution < 1.29 is 0 Å². The van der Waals surface area contributed by atoms with Crippen molar-refractivity contribution in [3.8, 4) is 0 Å². The molecule has 110 valence electrons. The molecule has 20 heavy (non-hydrogen) atoms. The topological polar surface area (TPSA) is 34.8 Å². The highest BCUT2D eigenvalue weighted by Crippen LogP contribution is 2.22. The van der Waals surface area contributed by atoms with Crippen molar-refractivity contribution in [1.29, 1.82) is 0 Å². The van der Waals surface area contributed by atoms with Crippen LogP contribution in [-0.2, 0) is 13.1 Å². The minimum absolute atomic E-state index is 0.430. The van der Waals surface area contributed by atoms with Gasteiger partial charge >= 0.3 is 0 Å². The second kappa shape index (κ2) is 6.75. The van der Waals surface area contributed by atoms with Gasteiger partial charge in [-0.2, -0.15) is 5.10 Å². The van der Waals surface area contributed by atoms with Crippen LogP contribution in [0.5, 0.6) is 0 Å². The second-order valence-corrected chi connectivity index (χ2v) is 5.60. The average Bonchev–Trinajstić information content (AvgIpc) is 3.05. The molecule has 4 nitrogen and oxygen atoms in total. The lowest BCUT2D eigenvalue weighted by atomic mass is 9.98. The summed E-state index contributed by atoms with van der Waals surface area (Å²) < 4.78 is 4.20. The van der Waals surface area contributed by atoms with E-state index in [-0.39, 0.29) is 0 Å². The maximum absolute atomic E-state index is 4.32. The molecular weight excluding hydrogens is 248 g/mol. The van der Waals surface area contributed by atoms with Crippen molar-refractivity contribution in [1.82, 2.24) is 19.7 Å². The average molecular weight is 274 g/mol. The maximum atomic E-state index is 4.32. The highest BCUT2D eigenvalue weighted by atomic mass is 15.3. The van der Waals surface area contributed by atoms with Gasteiger partial charge in [0.1, 0.15) is 0 Å². The lowest BCUT2D eigenvalue weighted by molar-refractivity contribution is 0.421. The van der Waals surface area contributed by atoms with E-state index in [0.717, 1.165) is 19.6 Å². The summed E-state index contributed by atoms with van der Waals surface area (Å²) in [5.74, 6) is 0.591. The SMILES string of the molecule is CCNC(c1ccn(Cc2cnn(CC)c2)c1)C(C)C. The molecule has 0 spiro atoms. The molecule has 2 heterocycles. The normalized spacial score (nSPS) is 13.1. The van der Waals surface area contributed by atoms with Crippen molar-refractivity contribution in [2.45, 2.75) is 46.8 Å². The predicted molar refractivity (Wildman–Crippen MR) is 82.7 cm³/mol. The molecule has 4 heteroatoms. The summed E-state index contributed by atoms with van der Waals surface area (Å²) in [5, 5.41) is 7.88. The van der Waals surface area contributed by atoms with E-state index in [9.17, 15) is 0 Å². The molecule has 0 fully saturated rings. The molecule has 1 N–H and O–H groups in total. The van der Waals surface area contributed by atoms with Crippen LogP contribution >= 0.6 is 0 Å². The van der Waals surface area contributed by atoms with E-state index in [1.807, 2.05) is 10.9 Å². The van der Waals surface area contributed by atoms with Crippen LogP contribution in [0, 0.1) is 5.92 Å². The molecule has 0 saturated heterocycles. The standard InChI is InChI=1S/C16H26N4/c1-5-17-16(13(3)4)15-7-8-19(12-15)10-14-9-18-20(6-2)11-14/h7-9,11-13,16-17H,5-6,10H2,1-4H3. The van der Waals surface area contributed by atoms with E-state index < -0.39 is 0 Å². The quantitative estimate of drug-likeness (QED) is 0.842. The van der Waals surface area contributed by atoms with Gasteiger partial charge in [0.25, 0.3) is 0 Å². The Labute approximate surface area is 121 Å². The van der Waals surface area contributed by atoms with Crippen LogP contribution in [0.4, 0.5) is 0 Å². The molecule has 0 aliphatic heterocycles. The summed E-state index contributed by atoms with van der Waals surface area (Å²) in [6.07, 6.45) is 8.47. The number of hydrogen-bond acceptors (Lipinski definition) is 2. The Morgan fingerprint density at radius 3 is 2.65 bits per heavy atom. The minimum Gasteiger partial charge on any atom is -0.349 e. The van der Waals surface area contributed by atoms with E-state index in [0.29, 0.717) is 12.0 Å². The number of nitrogens with zero attached hydrogens (tertiary/aromatic N) is 3. The summed E-state index contributed by atoms with van der Waals surface area (Å²) in [5.41, 5.74) is 2.61. The molecule has 0 aliphatic carbocycles. The Balaban J connectivity index is 2.07. The number of aromatic nitrogens is 3. The largest absolute Gasteiger partial charge is 0.349 e. The van der Waals surface area contributed by atoms with Gasteiger partial charge in [-0.3, -0.25) is 4.68 Å². The monoisotopic (exact) mass is 274 g/mol. The number of rotatable bonds is 7. The molecule has 0 radical (unpaired) electrons. The van der Waals surface area contributed by atoms with Crippen LogP contribution in [-0.4, -0.2) is 20.9 Å². The molecule has 0 aromatic carbocycles. The zero-order valence-corrected chi connectivity index (χ0v) is 13.0. The summed E-state index contributed by atoms with van der Waals surface area (Å²) >= 11 is 0. The molecule has 1 unspecified atom stereocenters. The Morgan fingerprint density at radius 2 is 2.05 bits per heavy atom. The van der Waals surface area contributed by atoms with Crippen LogP contribution in [0.15, 0.2) is 30.9 Å². The molecule has 0 saturated carbocycles. The zero-order chi connectivity index (χ0) is 14.5. The van der Waals surface area contributed by atoms with Crippen molar-refractivity contribution in [3.63, 3.8) is 0 Å². The van der Waals surface area contributed by atoms with Crippen LogP contribution in [0.2, 0.25) is 0 Å². The van der Waals surface area contributed by atoms with Crippen molar-refractivity contribution >= 4 is 0 Å². The first kappa shape index (κ1) is 14.9. The Kier molecular flexibility index (Phi) is 5.01. The fraction of sp³-hybridized carbons (Fsp3) is 0.562. The third-order valence-electron chi connectivity index (χ3n) is 3.60. The number of nitrogens with one attached hydrogen (secondary N) is 1. The van der Waals surface area contributed by atoms with Gasteiger partial charge in [0.15, 0.2) is 0 Å². The predicted octanol–water partition coefficient (Wildman–Crippen LogP) is 3.06. The van der Waals surface area contributed by atoms with E-state index in [2.05, 4.69) is 67.3 Å². The van der Waals surface area contributed by atoms with E-state index in [1.165, 1.54) is 11.1 Å². The molecule has 0 amide bonds. The number of hydrogen-bond donors (Lipinski definition) is 1. The molecule has 2 aromatic rings. The molecule has 1 atom stereocenters. The summed E-state index contributed by atoms with van der Waals surface area (Å²) in [6, 6.07) is 2.65. The fourth-order valence-electron chi connectivity index (χ4n) is 2.57. The van der Waals surface area contributed by atoms with Crippen LogP contribution < -0.4 is 5.32 Å². The van der Waals surface area contributed by atoms with E-state index in [1.54, 1.807) is 0 Å². The second-order valence-electron chi connectivity index (χ2n) is 5.60. The maximum Gasteiger partial charge on any atom is 0.0539 e.